The van der Waals surface area contributed by atoms with Gasteiger partial charge < -0.3 is 19.4 Å². The molecule has 0 bridgehead atoms. The van der Waals surface area contributed by atoms with Crippen molar-refractivity contribution in [1.82, 2.24) is 19.8 Å². The number of aromatic nitrogens is 2. The Labute approximate surface area is 256 Å². The number of thioether (sulfide) groups is 1. The van der Waals surface area contributed by atoms with Crippen LogP contribution in [0, 0.1) is 11.3 Å². The van der Waals surface area contributed by atoms with Gasteiger partial charge in [0.2, 0.25) is 5.91 Å². The van der Waals surface area contributed by atoms with Crippen molar-refractivity contribution < 1.29 is 9.53 Å². The Balaban J connectivity index is 1.42. The lowest BCUT2D eigenvalue weighted by Gasteiger charge is -2.41. The van der Waals surface area contributed by atoms with E-state index in [1.807, 2.05) is 17.8 Å². The number of likely N-dealkylation sites (N-methyl/N-ethyl adjacent to an activating group) is 1. The number of benzene rings is 2. The van der Waals surface area contributed by atoms with E-state index in [2.05, 4.69) is 53.8 Å². The molecule has 0 N–H and O–H groups in total. The minimum absolute atomic E-state index is 0.163. The fourth-order valence-electron chi connectivity index (χ4n) is 6.32. The number of piperazine rings is 1. The van der Waals surface area contributed by atoms with Gasteiger partial charge in [-0.15, -0.1) is 11.8 Å². The van der Waals surface area contributed by atoms with Crippen LogP contribution >= 0.6 is 23.4 Å². The van der Waals surface area contributed by atoms with Crippen LogP contribution in [0.1, 0.15) is 31.2 Å². The minimum atomic E-state index is -0.279. The second kappa shape index (κ2) is 12.5. The second-order valence-corrected chi connectivity index (χ2v) is 12.7. The van der Waals surface area contributed by atoms with Crippen LogP contribution in [-0.4, -0.2) is 83.3 Å². The summed E-state index contributed by atoms with van der Waals surface area (Å²) < 4.78 is 6.26. The smallest absolute Gasteiger partial charge is 0.319 e. The number of carbonyl (C=O) groups excluding carboxylic acids is 1. The number of amides is 1. The maximum absolute atomic E-state index is 12.5. The summed E-state index contributed by atoms with van der Waals surface area (Å²) in [7, 11) is 2.12. The van der Waals surface area contributed by atoms with Crippen molar-refractivity contribution in [2.45, 2.75) is 49.1 Å². The van der Waals surface area contributed by atoms with Gasteiger partial charge in [-0.2, -0.15) is 15.2 Å². The molecule has 4 heterocycles. The summed E-state index contributed by atoms with van der Waals surface area (Å²) >= 11 is 8.92. The van der Waals surface area contributed by atoms with Crippen molar-refractivity contribution in [2.75, 3.05) is 50.5 Å². The molecule has 10 heteroatoms. The standard InChI is InChI=1S/C32H35ClN6O2S/c1-3-29(40)39-15-14-38(19-22(39)11-12-34)31-26-17-27(33)25(24-10-4-7-21-8-6-16-42-30(21)24)18-28(26)35-32(36-31)41-20-23-9-5-13-37(23)2/h3-4,7,10,17-18,22-23H,1,5-6,8-9,11,13-16,19-20H2,2H3/t22-,23-/m0/s1. The average molecular weight is 603 g/mol. The van der Waals surface area contributed by atoms with E-state index in [1.165, 1.54) is 23.0 Å². The van der Waals surface area contributed by atoms with Gasteiger partial charge in [0, 0.05) is 46.5 Å². The molecule has 3 aliphatic heterocycles. The lowest BCUT2D eigenvalue weighted by molar-refractivity contribution is -0.128. The summed E-state index contributed by atoms with van der Waals surface area (Å²) in [4.78, 5) is 29.8. The van der Waals surface area contributed by atoms with Gasteiger partial charge in [-0.1, -0.05) is 36.4 Å². The Morgan fingerprint density at radius 1 is 1.21 bits per heavy atom. The molecule has 3 aliphatic rings. The summed E-state index contributed by atoms with van der Waals surface area (Å²) in [6.45, 7) is 6.71. The van der Waals surface area contributed by atoms with E-state index < -0.39 is 0 Å². The number of anilines is 1. The average Bonchev–Trinajstić information content (AvgIpc) is 3.43. The highest BCUT2D eigenvalue weighted by Crippen LogP contribution is 2.43. The zero-order chi connectivity index (χ0) is 29.2. The van der Waals surface area contributed by atoms with Crippen LogP contribution in [0.25, 0.3) is 22.0 Å². The van der Waals surface area contributed by atoms with Gasteiger partial charge in [0.1, 0.15) is 12.4 Å². The van der Waals surface area contributed by atoms with E-state index in [1.54, 1.807) is 4.90 Å². The molecule has 8 nitrogen and oxygen atoms in total. The number of rotatable bonds is 7. The van der Waals surface area contributed by atoms with E-state index in [4.69, 9.17) is 26.3 Å². The number of nitrogens with zero attached hydrogens (tertiary/aromatic N) is 6. The van der Waals surface area contributed by atoms with E-state index in [0.29, 0.717) is 49.1 Å². The summed E-state index contributed by atoms with van der Waals surface area (Å²) in [6, 6.07) is 13.1. The molecule has 1 aromatic heterocycles. The summed E-state index contributed by atoms with van der Waals surface area (Å²) in [5, 5.41) is 11.0. The zero-order valence-corrected chi connectivity index (χ0v) is 25.5. The first-order valence-electron chi connectivity index (χ1n) is 14.6. The largest absolute Gasteiger partial charge is 0.462 e. The normalized spacial score (nSPS) is 20.8. The van der Waals surface area contributed by atoms with Crippen LogP contribution in [0.5, 0.6) is 6.01 Å². The van der Waals surface area contributed by atoms with Crippen molar-refractivity contribution in [1.29, 1.82) is 5.26 Å². The van der Waals surface area contributed by atoms with E-state index in [-0.39, 0.29) is 18.4 Å². The maximum Gasteiger partial charge on any atom is 0.319 e. The van der Waals surface area contributed by atoms with E-state index in [0.717, 1.165) is 53.6 Å². The highest BCUT2D eigenvalue weighted by Gasteiger charge is 2.32. The molecule has 1 amide bonds. The SMILES string of the molecule is C=CC(=O)N1CCN(c2nc(OC[C@@H]3CCCN3C)nc3cc(-c4cccc5c4SCCC5)c(Cl)cc23)C[C@@H]1CC#N. The van der Waals surface area contributed by atoms with Crippen molar-refractivity contribution in [3.05, 3.63) is 53.6 Å². The van der Waals surface area contributed by atoms with Gasteiger partial charge >= 0.3 is 6.01 Å². The summed E-state index contributed by atoms with van der Waals surface area (Å²) in [6.07, 6.45) is 6.03. The van der Waals surface area contributed by atoms with Crippen LogP contribution in [0.3, 0.4) is 0 Å². The molecule has 0 aliphatic carbocycles. The number of ether oxygens (including phenoxy) is 1. The lowest BCUT2D eigenvalue weighted by Crippen LogP contribution is -2.55. The molecular weight excluding hydrogens is 568 g/mol. The van der Waals surface area contributed by atoms with Crippen molar-refractivity contribution in [3.63, 3.8) is 0 Å². The van der Waals surface area contributed by atoms with Gasteiger partial charge in [-0.25, -0.2) is 0 Å². The van der Waals surface area contributed by atoms with Gasteiger partial charge in [0.25, 0.3) is 0 Å². The van der Waals surface area contributed by atoms with Crippen molar-refractivity contribution in [2.24, 2.45) is 0 Å². The molecule has 0 saturated carbocycles. The van der Waals surface area contributed by atoms with Crippen LogP contribution < -0.4 is 9.64 Å². The van der Waals surface area contributed by atoms with E-state index >= 15 is 0 Å². The highest BCUT2D eigenvalue weighted by atomic mass is 35.5. The monoisotopic (exact) mass is 602 g/mol. The Hall–Kier alpha value is -3.32. The highest BCUT2D eigenvalue weighted by molar-refractivity contribution is 7.99. The number of hydrogen-bond acceptors (Lipinski definition) is 8. The summed E-state index contributed by atoms with van der Waals surface area (Å²) in [5.41, 5.74) is 4.20. The Kier molecular flexibility index (Phi) is 8.57. The number of aryl methyl sites for hydroxylation is 1. The Bertz CT molecular complexity index is 1560. The molecule has 0 unspecified atom stereocenters. The number of likely N-dealkylation sites (tertiary alicyclic amines) is 1. The van der Waals surface area contributed by atoms with Gasteiger partial charge in [0.05, 0.1) is 24.0 Å². The molecule has 6 rings (SSSR count). The molecule has 218 valence electrons. The molecule has 2 fully saturated rings. The third-order valence-electron chi connectivity index (χ3n) is 8.61. The summed E-state index contributed by atoms with van der Waals surface area (Å²) in [5.74, 6) is 1.64. The second-order valence-electron chi connectivity index (χ2n) is 11.2. The van der Waals surface area contributed by atoms with Gasteiger partial charge in [0.15, 0.2) is 0 Å². The first-order chi connectivity index (χ1) is 20.5. The predicted octanol–water partition coefficient (Wildman–Crippen LogP) is 5.58. The van der Waals surface area contributed by atoms with Crippen LogP contribution in [-0.2, 0) is 11.2 Å². The quantitative estimate of drug-likeness (QED) is 0.324. The Morgan fingerprint density at radius 2 is 2.10 bits per heavy atom. The third-order valence-corrected chi connectivity index (χ3v) is 10.2. The number of halogens is 1. The van der Waals surface area contributed by atoms with Crippen molar-refractivity contribution in [3.8, 4) is 23.2 Å². The predicted molar refractivity (Wildman–Crippen MR) is 168 cm³/mol. The molecule has 2 aromatic carbocycles. The Morgan fingerprint density at radius 3 is 2.88 bits per heavy atom. The van der Waals surface area contributed by atoms with Gasteiger partial charge in [-0.3, -0.25) is 4.79 Å². The number of carbonyl (C=O) groups is 1. The lowest BCUT2D eigenvalue weighted by atomic mass is 9.99. The first-order valence-corrected chi connectivity index (χ1v) is 16.0. The number of fused-ring (bicyclic) bond motifs is 2. The molecule has 2 saturated heterocycles. The topological polar surface area (TPSA) is 85.6 Å². The van der Waals surface area contributed by atoms with Crippen LogP contribution in [0.15, 0.2) is 47.9 Å². The minimum Gasteiger partial charge on any atom is -0.462 e. The maximum atomic E-state index is 12.5. The molecule has 42 heavy (non-hydrogen) atoms. The van der Waals surface area contributed by atoms with Crippen molar-refractivity contribution >= 4 is 46.0 Å². The van der Waals surface area contributed by atoms with E-state index in [9.17, 15) is 10.1 Å². The molecule has 0 radical (unpaired) electrons. The van der Waals surface area contributed by atoms with Crippen LogP contribution in [0.2, 0.25) is 5.02 Å². The fourth-order valence-corrected chi connectivity index (χ4v) is 7.77. The first kappa shape index (κ1) is 28.8. The molecule has 2 atom stereocenters. The number of hydrogen-bond donors (Lipinski definition) is 0. The van der Waals surface area contributed by atoms with Crippen LogP contribution in [0.4, 0.5) is 5.82 Å². The van der Waals surface area contributed by atoms with Gasteiger partial charge in [-0.05, 0) is 74.4 Å². The fraction of sp³-hybridized carbons (Fsp3) is 0.438. The molecule has 3 aromatic rings. The molecular formula is C32H35ClN6O2S. The third kappa shape index (κ3) is 5.68. The number of nitriles is 1. The zero-order valence-electron chi connectivity index (χ0n) is 23.9. The molecule has 0 spiro atoms.